The molecule has 7 nitrogen and oxygen atoms in total. The van der Waals surface area contributed by atoms with Gasteiger partial charge in [0.15, 0.2) is 11.5 Å². The Bertz CT molecular complexity index is 1390. The zero-order chi connectivity index (χ0) is 22.8. The molecule has 4 aromatic rings. The Labute approximate surface area is 193 Å². The summed E-state index contributed by atoms with van der Waals surface area (Å²) in [5, 5.41) is 6.70. The van der Waals surface area contributed by atoms with Crippen molar-refractivity contribution in [3.8, 4) is 11.5 Å². The highest BCUT2D eigenvalue weighted by molar-refractivity contribution is 6.30. The predicted molar refractivity (Wildman–Crippen MR) is 126 cm³/mol. The molecule has 0 bridgehead atoms. The van der Waals surface area contributed by atoms with Crippen LogP contribution in [0.4, 0.5) is 11.4 Å². The van der Waals surface area contributed by atoms with E-state index in [-0.39, 0.29) is 18.2 Å². The zero-order valence-corrected chi connectivity index (χ0v) is 17.9. The summed E-state index contributed by atoms with van der Waals surface area (Å²) in [4.78, 5) is 25.6. The summed E-state index contributed by atoms with van der Waals surface area (Å²) in [6.07, 6.45) is 3.02. The van der Waals surface area contributed by atoms with Gasteiger partial charge in [0, 0.05) is 22.2 Å². The van der Waals surface area contributed by atoms with Crippen molar-refractivity contribution in [3.63, 3.8) is 0 Å². The van der Waals surface area contributed by atoms with E-state index in [2.05, 4.69) is 10.6 Å². The minimum atomic E-state index is -0.497. The molecule has 5 rings (SSSR count). The SMILES string of the molecule is O=C(C=Cc1ccc2c(c1)OCO2)Nc1c(C(=O)Nc2ccc(Cl)cc2)oc2ccccc12. The highest BCUT2D eigenvalue weighted by atomic mass is 35.5. The van der Waals surface area contributed by atoms with E-state index >= 15 is 0 Å². The van der Waals surface area contributed by atoms with E-state index in [1.54, 1.807) is 66.7 Å². The third kappa shape index (κ3) is 4.40. The molecule has 2 amide bonds. The Balaban J connectivity index is 1.39. The number of halogens is 1. The molecule has 0 atom stereocenters. The molecule has 0 fully saturated rings. The molecule has 1 aliphatic heterocycles. The minimum Gasteiger partial charge on any atom is -0.454 e. The van der Waals surface area contributed by atoms with Gasteiger partial charge in [-0.15, -0.1) is 0 Å². The molecule has 1 aromatic heterocycles. The first-order chi connectivity index (χ1) is 16.1. The van der Waals surface area contributed by atoms with E-state index in [1.165, 1.54) is 6.08 Å². The van der Waals surface area contributed by atoms with Gasteiger partial charge in [0.1, 0.15) is 11.3 Å². The number of nitrogens with one attached hydrogen (secondary N) is 2. The van der Waals surface area contributed by atoms with Gasteiger partial charge in [0.05, 0.1) is 0 Å². The number of carbonyl (C=O) groups is 2. The van der Waals surface area contributed by atoms with E-state index in [9.17, 15) is 9.59 Å². The number of para-hydroxylation sites is 1. The summed E-state index contributed by atoms with van der Waals surface area (Å²) >= 11 is 5.90. The highest BCUT2D eigenvalue weighted by Crippen LogP contribution is 2.33. The second-order valence-electron chi connectivity index (χ2n) is 7.20. The fraction of sp³-hybridized carbons (Fsp3) is 0.0400. The lowest BCUT2D eigenvalue weighted by molar-refractivity contribution is -0.111. The van der Waals surface area contributed by atoms with E-state index < -0.39 is 11.8 Å². The maximum atomic E-state index is 12.9. The lowest BCUT2D eigenvalue weighted by Crippen LogP contribution is -2.15. The van der Waals surface area contributed by atoms with Crippen LogP contribution in [0.15, 0.2) is 77.2 Å². The number of fused-ring (bicyclic) bond motifs is 2. The molecule has 2 heterocycles. The lowest BCUT2D eigenvalue weighted by Gasteiger charge is -2.06. The van der Waals surface area contributed by atoms with Crippen LogP contribution >= 0.6 is 11.6 Å². The molecule has 1 aliphatic rings. The number of ether oxygens (including phenoxy) is 2. The van der Waals surface area contributed by atoms with Gasteiger partial charge in [0.2, 0.25) is 18.5 Å². The van der Waals surface area contributed by atoms with E-state index in [0.29, 0.717) is 33.2 Å². The second kappa shape index (κ2) is 8.72. The Morgan fingerprint density at radius 3 is 2.55 bits per heavy atom. The predicted octanol–water partition coefficient (Wildman–Crippen LogP) is 5.72. The summed E-state index contributed by atoms with van der Waals surface area (Å²) in [5.41, 5.74) is 2.09. The molecule has 2 N–H and O–H groups in total. The van der Waals surface area contributed by atoms with E-state index in [4.69, 9.17) is 25.5 Å². The van der Waals surface area contributed by atoms with Crippen LogP contribution in [0.25, 0.3) is 17.0 Å². The number of rotatable bonds is 5. The summed E-state index contributed by atoms with van der Waals surface area (Å²) < 4.78 is 16.4. The molecule has 0 aliphatic carbocycles. The maximum absolute atomic E-state index is 12.9. The molecular formula is C25H17ClN2O5. The van der Waals surface area contributed by atoms with Crippen molar-refractivity contribution in [2.75, 3.05) is 17.4 Å². The molecule has 33 heavy (non-hydrogen) atoms. The third-order valence-electron chi connectivity index (χ3n) is 4.98. The quantitative estimate of drug-likeness (QED) is 0.372. The third-order valence-corrected chi connectivity index (χ3v) is 5.23. The van der Waals surface area contributed by atoms with Gasteiger partial charge in [-0.25, -0.2) is 0 Å². The Morgan fingerprint density at radius 2 is 1.70 bits per heavy atom. The molecule has 0 saturated heterocycles. The molecule has 0 unspecified atom stereocenters. The molecule has 0 radical (unpaired) electrons. The van der Waals surface area contributed by atoms with Crippen LogP contribution in [0.1, 0.15) is 16.1 Å². The van der Waals surface area contributed by atoms with Crippen LogP contribution in [-0.4, -0.2) is 18.6 Å². The fourth-order valence-corrected chi connectivity index (χ4v) is 3.53. The average molecular weight is 461 g/mol. The standard InChI is InChI=1S/C25H17ClN2O5/c26-16-7-9-17(10-8-16)27-25(30)24-23(18-3-1-2-4-19(18)33-24)28-22(29)12-6-15-5-11-20-21(13-15)32-14-31-20/h1-13H,14H2,(H,27,30)(H,28,29). The number of carbonyl (C=O) groups excluding carboxylic acids is 2. The van der Waals surface area contributed by atoms with E-state index in [0.717, 1.165) is 5.56 Å². The second-order valence-corrected chi connectivity index (χ2v) is 7.64. The fourth-order valence-electron chi connectivity index (χ4n) is 3.40. The Morgan fingerprint density at radius 1 is 0.909 bits per heavy atom. The molecule has 0 spiro atoms. The zero-order valence-electron chi connectivity index (χ0n) is 17.1. The van der Waals surface area contributed by atoms with Gasteiger partial charge < -0.3 is 24.5 Å². The summed E-state index contributed by atoms with van der Waals surface area (Å²) in [6.45, 7) is 0.178. The first kappa shape index (κ1) is 20.7. The van der Waals surface area contributed by atoms with Gasteiger partial charge in [-0.05, 0) is 60.2 Å². The first-order valence-corrected chi connectivity index (χ1v) is 10.4. The molecule has 0 saturated carbocycles. The van der Waals surface area contributed by atoms with Gasteiger partial charge >= 0.3 is 0 Å². The number of hydrogen-bond donors (Lipinski definition) is 2. The smallest absolute Gasteiger partial charge is 0.293 e. The van der Waals surface area contributed by atoms with Crippen molar-refractivity contribution in [3.05, 3.63) is 89.2 Å². The number of furan rings is 1. The van der Waals surface area contributed by atoms with Gasteiger partial charge in [-0.2, -0.15) is 0 Å². The van der Waals surface area contributed by atoms with Crippen LogP contribution in [0.3, 0.4) is 0 Å². The van der Waals surface area contributed by atoms with Crippen molar-refractivity contribution in [2.24, 2.45) is 0 Å². The number of anilines is 2. The van der Waals surface area contributed by atoms with Gasteiger partial charge in [-0.3, -0.25) is 9.59 Å². The lowest BCUT2D eigenvalue weighted by atomic mass is 10.2. The van der Waals surface area contributed by atoms with Crippen LogP contribution < -0.4 is 20.1 Å². The van der Waals surface area contributed by atoms with Gasteiger partial charge in [0.25, 0.3) is 5.91 Å². The highest BCUT2D eigenvalue weighted by Gasteiger charge is 2.22. The molecule has 3 aromatic carbocycles. The van der Waals surface area contributed by atoms with Crippen molar-refractivity contribution in [2.45, 2.75) is 0 Å². The topological polar surface area (TPSA) is 89.8 Å². The largest absolute Gasteiger partial charge is 0.454 e. The molecular weight excluding hydrogens is 444 g/mol. The number of amides is 2. The van der Waals surface area contributed by atoms with Crippen molar-refractivity contribution < 1.29 is 23.5 Å². The maximum Gasteiger partial charge on any atom is 0.293 e. The van der Waals surface area contributed by atoms with E-state index in [1.807, 2.05) is 6.07 Å². The monoisotopic (exact) mass is 460 g/mol. The molecule has 164 valence electrons. The molecule has 8 heteroatoms. The number of hydrogen-bond acceptors (Lipinski definition) is 5. The van der Waals surface area contributed by atoms with Crippen molar-refractivity contribution in [1.29, 1.82) is 0 Å². The van der Waals surface area contributed by atoms with Crippen LogP contribution in [0.5, 0.6) is 11.5 Å². The van der Waals surface area contributed by atoms with Crippen LogP contribution in [-0.2, 0) is 4.79 Å². The summed E-state index contributed by atoms with van der Waals surface area (Å²) in [6, 6.07) is 19.2. The minimum absolute atomic E-state index is 0.00372. The first-order valence-electron chi connectivity index (χ1n) is 10.0. The van der Waals surface area contributed by atoms with Crippen molar-refractivity contribution in [1.82, 2.24) is 0 Å². The van der Waals surface area contributed by atoms with Crippen LogP contribution in [0, 0.1) is 0 Å². The Hall–Kier alpha value is -4.23. The average Bonchev–Trinajstić information content (AvgIpc) is 3.44. The van der Waals surface area contributed by atoms with Crippen molar-refractivity contribution >= 4 is 51.8 Å². The summed E-state index contributed by atoms with van der Waals surface area (Å²) in [5.74, 6) is 0.372. The summed E-state index contributed by atoms with van der Waals surface area (Å²) in [7, 11) is 0. The van der Waals surface area contributed by atoms with Crippen LogP contribution in [0.2, 0.25) is 5.02 Å². The normalized spacial score (nSPS) is 12.3. The number of benzene rings is 3. The van der Waals surface area contributed by atoms with Gasteiger partial charge in [-0.1, -0.05) is 29.8 Å². The Kier molecular flexibility index (Phi) is 5.46.